The Kier molecular flexibility index (Phi) is 12.2. The third kappa shape index (κ3) is 8.82. The lowest BCUT2D eigenvalue weighted by molar-refractivity contribution is 0.0772. The molecule has 0 bridgehead atoms. The summed E-state index contributed by atoms with van der Waals surface area (Å²) in [6.45, 7) is 8.01. The van der Waals surface area contributed by atoms with Crippen molar-refractivity contribution in [3.8, 4) is 28.8 Å². The summed E-state index contributed by atoms with van der Waals surface area (Å²) in [5.41, 5.74) is 2.67. The molecule has 15 nitrogen and oxygen atoms in total. The van der Waals surface area contributed by atoms with Crippen molar-refractivity contribution in [2.75, 3.05) is 38.8 Å². The van der Waals surface area contributed by atoms with Crippen LogP contribution >= 0.6 is 0 Å². The molecule has 0 spiro atoms. The summed E-state index contributed by atoms with van der Waals surface area (Å²) in [6, 6.07) is 8.44. The minimum Gasteiger partial charge on any atom is -0.487 e. The lowest BCUT2D eigenvalue weighted by Crippen LogP contribution is -2.43. The van der Waals surface area contributed by atoms with E-state index in [2.05, 4.69) is 55.8 Å². The fourth-order valence-corrected chi connectivity index (χ4v) is 6.01. The van der Waals surface area contributed by atoms with E-state index in [0.29, 0.717) is 61.2 Å². The van der Waals surface area contributed by atoms with Crippen molar-refractivity contribution in [3.05, 3.63) is 48.7 Å². The Labute approximate surface area is 280 Å². The summed E-state index contributed by atoms with van der Waals surface area (Å²) in [4.78, 5) is 11.5. The molecule has 0 unspecified atom stereocenters. The number of rotatable bonds is 17. The Morgan fingerprint density at radius 2 is 1.92 bits per heavy atom. The lowest BCUT2D eigenvalue weighted by Gasteiger charge is -2.38. The molecule has 0 saturated heterocycles. The highest BCUT2D eigenvalue weighted by molar-refractivity contribution is 5.67. The standard InChI is InChI=1S/C33H45N11O4/c1-5-27(21-45)42(4)28-9-11-29(12-10-28)44-20-30(32(39-44)47-14-13-46-6-2)38-33-35-17-26(18-36-33)24-7-8-25(16-34)31(15-24)48-23(3)19-43-22-37-40-41-43/h7-8,15,17-18,20,22-23,27-29,45H,5-6,9-14,19,21H2,1-4H3,(H,35,36,38)/t23-,27+,28?,29?/m0/s1. The maximum absolute atomic E-state index is 9.77. The highest BCUT2D eigenvalue weighted by Crippen LogP contribution is 2.35. The van der Waals surface area contributed by atoms with Crippen molar-refractivity contribution in [3.63, 3.8) is 0 Å². The van der Waals surface area contributed by atoms with E-state index in [1.165, 1.54) is 6.33 Å². The predicted molar refractivity (Wildman–Crippen MR) is 178 cm³/mol. The number of aromatic nitrogens is 8. The minimum absolute atomic E-state index is 0.179. The zero-order chi connectivity index (χ0) is 33.9. The van der Waals surface area contributed by atoms with Crippen LogP contribution in [-0.2, 0) is 11.3 Å². The molecule has 2 atom stereocenters. The van der Waals surface area contributed by atoms with Gasteiger partial charge >= 0.3 is 0 Å². The highest BCUT2D eigenvalue weighted by atomic mass is 16.5. The monoisotopic (exact) mass is 659 g/mol. The van der Waals surface area contributed by atoms with E-state index in [1.807, 2.05) is 36.9 Å². The molecule has 4 aromatic rings. The van der Waals surface area contributed by atoms with Crippen molar-refractivity contribution < 1.29 is 19.3 Å². The quantitative estimate of drug-likeness (QED) is 0.156. The summed E-state index contributed by atoms with van der Waals surface area (Å²) in [6.07, 6.45) is 11.6. The van der Waals surface area contributed by atoms with Crippen LogP contribution in [0.3, 0.4) is 0 Å². The predicted octanol–water partition coefficient (Wildman–Crippen LogP) is 4.01. The molecule has 1 aromatic carbocycles. The zero-order valence-electron chi connectivity index (χ0n) is 28.1. The Morgan fingerprint density at radius 3 is 2.58 bits per heavy atom. The molecule has 1 aliphatic carbocycles. The number of anilines is 2. The number of nitrogens with one attached hydrogen (secondary N) is 1. The Hall–Kier alpha value is -4.65. The van der Waals surface area contributed by atoms with Gasteiger partial charge in [-0.2, -0.15) is 5.26 Å². The van der Waals surface area contributed by atoms with Gasteiger partial charge in [-0.15, -0.1) is 10.2 Å². The van der Waals surface area contributed by atoms with Crippen LogP contribution in [0.1, 0.15) is 64.5 Å². The van der Waals surface area contributed by atoms with Crippen LogP contribution in [0.5, 0.6) is 11.6 Å². The van der Waals surface area contributed by atoms with Crippen molar-refractivity contribution in [2.24, 2.45) is 0 Å². The first-order valence-electron chi connectivity index (χ1n) is 16.6. The molecular weight excluding hydrogens is 614 g/mol. The molecule has 2 N–H and O–H groups in total. The minimum atomic E-state index is -0.277. The number of aliphatic hydroxyl groups excluding tert-OH is 1. The summed E-state index contributed by atoms with van der Waals surface area (Å²) in [5, 5.41) is 38.7. The van der Waals surface area contributed by atoms with E-state index < -0.39 is 0 Å². The molecule has 1 fully saturated rings. The fourth-order valence-electron chi connectivity index (χ4n) is 6.01. The Bertz CT molecular complexity index is 1590. The molecule has 1 aliphatic rings. The number of likely N-dealkylation sites (N-methyl/N-ethyl adjacent to an activating group) is 1. The first kappa shape index (κ1) is 34.7. The van der Waals surface area contributed by atoms with Gasteiger partial charge in [0.25, 0.3) is 5.88 Å². The second-order valence-corrected chi connectivity index (χ2v) is 11.9. The van der Waals surface area contributed by atoms with Gasteiger partial charge in [0.15, 0.2) is 0 Å². The number of aliphatic hydroxyl groups is 1. The summed E-state index contributed by atoms with van der Waals surface area (Å²) >= 11 is 0. The normalized spacial score (nSPS) is 17.5. The van der Waals surface area contributed by atoms with Gasteiger partial charge in [-0.3, -0.25) is 9.58 Å². The molecule has 256 valence electrons. The van der Waals surface area contributed by atoms with Crippen molar-refractivity contribution in [2.45, 2.75) is 83.6 Å². The molecule has 5 rings (SSSR count). The van der Waals surface area contributed by atoms with Gasteiger partial charge < -0.3 is 24.6 Å². The third-order valence-corrected chi connectivity index (χ3v) is 8.74. The van der Waals surface area contributed by atoms with Crippen LogP contribution in [0.2, 0.25) is 0 Å². The number of tetrazole rings is 1. The molecule has 1 saturated carbocycles. The topological polar surface area (TPSA) is 174 Å². The Balaban J connectivity index is 1.27. The molecule has 15 heteroatoms. The van der Waals surface area contributed by atoms with Gasteiger partial charge in [0.1, 0.15) is 36.5 Å². The average molecular weight is 660 g/mol. The highest BCUT2D eigenvalue weighted by Gasteiger charge is 2.29. The fraction of sp³-hybridized carbons (Fsp3) is 0.545. The summed E-state index contributed by atoms with van der Waals surface area (Å²) in [7, 11) is 2.12. The molecule has 3 heterocycles. The van der Waals surface area contributed by atoms with Gasteiger partial charge in [0.2, 0.25) is 5.95 Å². The lowest BCUT2D eigenvalue weighted by atomic mass is 9.89. The van der Waals surface area contributed by atoms with Crippen molar-refractivity contribution in [1.29, 1.82) is 5.26 Å². The number of nitrogens with zero attached hydrogens (tertiary/aromatic N) is 10. The largest absolute Gasteiger partial charge is 0.487 e. The Morgan fingerprint density at radius 1 is 1.12 bits per heavy atom. The van der Waals surface area contributed by atoms with E-state index in [-0.39, 0.29) is 24.8 Å². The second kappa shape index (κ2) is 17.0. The van der Waals surface area contributed by atoms with Crippen LogP contribution in [0.4, 0.5) is 11.6 Å². The summed E-state index contributed by atoms with van der Waals surface area (Å²) in [5.74, 6) is 1.32. The van der Waals surface area contributed by atoms with Gasteiger partial charge in [-0.1, -0.05) is 13.0 Å². The number of hydrogen-bond acceptors (Lipinski definition) is 13. The number of benzene rings is 1. The molecule has 0 amide bonds. The zero-order valence-corrected chi connectivity index (χ0v) is 28.1. The van der Waals surface area contributed by atoms with Gasteiger partial charge in [0, 0.05) is 36.6 Å². The number of nitriles is 1. The van der Waals surface area contributed by atoms with Crippen LogP contribution in [0.15, 0.2) is 43.1 Å². The number of ether oxygens (including phenoxy) is 3. The second-order valence-electron chi connectivity index (χ2n) is 11.9. The maximum Gasteiger partial charge on any atom is 0.257 e. The van der Waals surface area contributed by atoms with E-state index >= 15 is 0 Å². The van der Waals surface area contributed by atoms with E-state index in [1.54, 1.807) is 23.1 Å². The van der Waals surface area contributed by atoms with Gasteiger partial charge in [-0.25, -0.2) is 14.6 Å². The van der Waals surface area contributed by atoms with Crippen molar-refractivity contribution >= 4 is 11.6 Å². The first-order chi connectivity index (χ1) is 23.4. The van der Waals surface area contributed by atoms with Gasteiger partial charge in [0.05, 0.1) is 37.6 Å². The van der Waals surface area contributed by atoms with Crippen LogP contribution in [-0.4, -0.2) is 102 Å². The molecule has 48 heavy (non-hydrogen) atoms. The molecule has 3 aromatic heterocycles. The maximum atomic E-state index is 9.77. The molecule has 0 aliphatic heterocycles. The molecular formula is C33H45N11O4. The van der Waals surface area contributed by atoms with Crippen LogP contribution in [0, 0.1) is 11.3 Å². The molecule has 0 radical (unpaired) electrons. The smallest absolute Gasteiger partial charge is 0.257 e. The van der Waals surface area contributed by atoms with Crippen LogP contribution < -0.4 is 14.8 Å². The van der Waals surface area contributed by atoms with Crippen molar-refractivity contribution in [1.82, 2.24) is 44.9 Å². The van der Waals surface area contributed by atoms with Crippen LogP contribution in [0.25, 0.3) is 11.1 Å². The summed E-state index contributed by atoms with van der Waals surface area (Å²) < 4.78 is 21.2. The first-order valence-corrected chi connectivity index (χ1v) is 16.6. The third-order valence-electron chi connectivity index (χ3n) is 8.74. The van der Waals surface area contributed by atoms with E-state index in [9.17, 15) is 10.4 Å². The van der Waals surface area contributed by atoms with E-state index in [0.717, 1.165) is 43.2 Å². The number of hydrogen-bond donors (Lipinski definition) is 2. The van der Waals surface area contributed by atoms with Gasteiger partial charge in [-0.05, 0) is 81.1 Å². The van der Waals surface area contributed by atoms with E-state index in [4.69, 9.17) is 19.3 Å². The average Bonchev–Trinajstić information content (AvgIpc) is 3.77. The SMILES string of the molecule is CCOCCOc1nn(C2CCC(N(C)[C@H](CC)CO)CC2)cc1Nc1ncc(-c2ccc(C#N)c(O[C@@H](C)Cn3cnnn3)c2)cn1.